The zero-order valence-corrected chi connectivity index (χ0v) is 4.12. The number of halogens is 1. The van der Waals surface area contributed by atoms with Crippen LogP contribution in [0.5, 0.6) is 0 Å². The van der Waals surface area contributed by atoms with Crippen molar-refractivity contribution in [3.63, 3.8) is 0 Å². The van der Waals surface area contributed by atoms with Crippen LogP contribution in [-0.4, -0.2) is 6.54 Å². The Morgan fingerprint density at radius 3 is 2.25 bits per heavy atom. The Balaban J connectivity index is 1.97. The molecule has 1 radical (unpaired) electrons. The van der Waals surface area contributed by atoms with Gasteiger partial charge in [0, 0.05) is 22.7 Å². The van der Waals surface area contributed by atoms with Gasteiger partial charge in [0.1, 0.15) is 0 Å². The van der Waals surface area contributed by atoms with Crippen molar-refractivity contribution in [3.8, 4) is 0 Å². The average molecular weight is 123 g/mol. The second kappa shape index (κ2) is 3.44. The molecule has 25 valence electrons. The van der Waals surface area contributed by atoms with Crippen molar-refractivity contribution >= 4 is 16.1 Å². The van der Waals surface area contributed by atoms with Crippen LogP contribution in [0.15, 0.2) is 0 Å². The highest BCUT2D eigenvalue weighted by atomic mass is 79.9. The maximum absolute atomic E-state index is 3.55. The van der Waals surface area contributed by atoms with Crippen LogP contribution in [0.1, 0.15) is 6.92 Å². The maximum atomic E-state index is 3.55. The minimum atomic E-state index is 0.861. The molecular weight excluding hydrogens is 118 g/mol. The molecule has 0 atom stereocenters. The lowest BCUT2D eigenvalue weighted by molar-refractivity contribution is 1.04. The molecule has 0 aliphatic carbocycles. The van der Waals surface area contributed by atoms with Gasteiger partial charge in [-0.3, -0.25) is 0 Å². The summed E-state index contributed by atoms with van der Waals surface area (Å²) < 4.78 is 3.55. The normalized spacial score (nSPS) is 7.50. The lowest BCUT2D eigenvalue weighted by Crippen LogP contribution is -1.79. The summed E-state index contributed by atoms with van der Waals surface area (Å²) in [5.74, 6) is 0. The molecule has 0 saturated heterocycles. The topological polar surface area (TPSA) is 14.1 Å². The van der Waals surface area contributed by atoms with E-state index in [1.54, 1.807) is 0 Å². The van der Waals surface area contributed by atoms with Gasteiger partial charge in [-0.15, -0.1) is 0 Å². The van der Waals surface area contributed by atoms with E-state index < -0.39 is 0 Å². The molecule has 1 nitrogen and oxygen atoms in total. The fraction of sp³-hybridized carbons (Fsp3) is 1.00. The molecule has 0 aliphatic heterocycles. The van der Waals surface area contributed by atoms with Gasteiger partial charge in [-0.05, 0) is 0 Å². The van der Waals surface area contributed by atoms with Gasteiger partial charge >= 0.3 is 0 Å². The lowest BCUT2D eigenvalue weighted by Gasteiger charge is -1.68. The van der Waals surface area contributed by atoms with Crippen molar-refractivity contribution in [1.82, 2.24) is 4.34 Å². The molecular formula is C2H5BrN. The van der Waals surface area contributed by atoms with Crippen LogP contribution in [0.25, 0.3) is 0 Å². The third-order valence-corrected chi connectivity index (χ3v) is 0.621. The number of nitrogens with zero attached hydrogens (tertiary/aromatic N) is 1. The first-order chi connectivity index (χ1) is 1.91. The van der Waals surface area contributed by atoms with Gasteiger partial charge in [0.2, 0.25) is 0 Å². The number of rotatable bonds is 1. The first-order valence-electron chi connectivity index (χ1n) is 1.19. The molecule has 0 aliphatic rings. The Morgan fingerprint density at radius 1 is 2.00 bits per heavy atom. The van der Waals surface area contributed by atoms with Gasteiger partial charge in [-0.1, -0.05) is 6.92 Å². The van der Waals surface area contributed by atoms with E-state index in [0.717, 1.165) is 6.54 Å². The van der Waals surface area contributed by atoms with Crippen molar-refractivity contribution in [3.05, 3.63) is 0 Å². The van der Waals surface area contributed by atoms with Crippen LogP contribution >= 0.6 is 16.1 Å². The molecule has 0 saturated carbocycles. The zero-order chi connectivity index (χ0) is 3.41. The Morgan fingerprint density at radius 2 is 2.25 bits per heavy atom. The summed E-state index contributed by atoms with van der Waals surface area (Å²) in [5.41, 5.74) is 0. The van der Waals surface area contributed by atoms with Crippen molar-refractivity contribution in [2.45, 2.75) is 6.92 Å². The van der Waals surface area contributed by atoms with Gasteiger partial charge in [0.15, 0.2) is 0 Å². The number of hydrogen-bond donors (Lipinski definition) is 0. The average Bonchev–Trinajstić information content (AvgIpc) is 1.37. The van der Waals surface area contributed by atoms with Crippen LogP contribution in [0.3, 0.4) is 0 Å². The van der Waals surface area contributed by atoms with E-state index in [9.17, 15) is 0 Å². The monoisotopic (exact) mass is 122 g/mol. The Labute approximate surface area is 34.7 Å². The third kappa shape index (κ3) is 2.44. The fourth-order valence-electron chi connectivity index (χ4n) is 0. The summed E-state index contributed by atoms with van der Waals surface area (Å²) in [7, 11) is 0. The largest absolute Gasteiger partial charge is 0.167 e. The minimum Gasteiger partial charge on any atom is -0.167 e. The highest BCUT2D eigenvalue weighted by Crippen LogP contribution is 1.64. The second-order valence-corrected chi connectivity index (χ2v) is 0.937. The molecule has 0 heterocycles. The predicted molar refractivity (Wildman–Crippen MR) is 21.6 cm³/mol. The molecule has 0 rings (SSSR count). The summed E-state index contributed by atoms with van der Waals surface area (Å²) in [4.78, 5) is 0. The molecule has 2 heteroatoms. The maximum Gasteiger partial charge on any atom is 0.0295 e. The van der Waals surface area contributed by atoms with E-state index >= 15 is 0 Å². The Bertz CT molecular complexity index is 8.00. The van der Waals surface area contributed by atoms with Gasteiger partial charge in [-0.25, -0.2) is 0 Å². The van der Waals surface area contributed by atoms with Crippen molar-refractivity contribution in [2.75, 3.05) is 6.54 Å². The molecule has 0 spiro atoms. The lowest BCUT2D eigenvalue weighted by atomic mass is 10.8. The van der Waals surface area contributed by atoms with Crippen LogP contribution in [0, 0.1) is 0 Å². The van der Waals surface area contributed by atoms with Crippen LogP contribution in [0.4, 0.5) is 0 Å². The molecule has 0 N–H and O–H groups in total. The van der Waals surface area contributed by atoms with E-state index in [4.69, 9.17) is 0 Å². The quantitative estimate of drug-likeness (QED) is 0.492. The van der Waals surface area contributed by atoms with Crippen LogP contribution < -0.4 is 4.34 Å². The highest BCUT2D eigenvalue weighted by molar-refractivity contribution is 9.07. The summed E-state index contributed by atoms with van der Waals surface area (Å²) in [6, 6.07) is 0. The first-order valence-corrected chi connectivity index (χ1v) is 1.90. The van der Waals surface area contributed by atoms with E-state index in [1.165, 1.54) is 0 Å². The van der Waals surface area contributed by atoms with Gasteiger partial charge in [0.05, 0.1) is 0 Å². The van der Waals surface area contributed by atoms with E-state index in [-0.39, 0.29) is 0 Å². The van der Waals surface area contributed by atoms with Crippen LogP contribution in [-0.2, 0) is 0 Å². The van der Waals surface area contributed by atoms with Gasteiger partial charge in [-0.2, -0.15) is 4.34 Å². The molecule has 0 aromatic carbocycles. The van der Waals surface area contributed by atoms with E-state index in [1.807, 2.05) is 6.92 Å². The third-order valence-electron chi connectivity index (χ3n) is 0.120. The van der Waals surface area contributed by atoms with Crippen molar-refractivity contribution in [1.29, 1.82) is 0 Å². The molecule has 0 bridgehead atoms. The zero-order valence-electron chi connectivity index (χ0n) is 2.53. The van der Waals surface area contributed by atoms with Gasteiger partial charge < -0.3 is 0 Å². The van der Waals surface area contributed by atoms with Crippen molar-refractivity contribution < 1.29 is 0 Å². The molecule has 4 heavy (non-hydrogen) atoms. The predicted octanol–water partition coefficient (Wildman–Crippen LogP) is 0.921. The summed E-state index contributed by atoms with van der Waals surface area (Å²) in [6.07, 6.45) is 0. The summed E-state index contributed by atoms with van der Waals surface area (Å²) >= 11 is 2.87. The molecule has 0 amide bonds. The Kier molecular flexibility index (Phi) is 3.82. The first kappa shape index (κ1) is 4.44. The molecule has 0 fully saturated rings. The van der Waals surface area contributed by atoms with Gasteiger partial charge in [0.25, 0.3) is 0 Å². The number of hydrogen-bond acceptors (Lipinski definition) is 0. The minimum absolute atomic E-state index is 0.861. The molecule has 0 aromatic heterocycles. The summed E-state index contributed by atoms with van der Waals surface area (Å²) in [5, 5.41) is 0. The van der Waals surface area contributed by atoms with E-state index in [0.29, 0.717) is 0 Å². The standard InChI is InChI=1S/C2H5BrN/c1-2-4-3/h2H2,1H3. The van der Waals surface area contributed by atoms with Crippen molar-refractivity contribution in [2.24, 2.45) is 0 Å². The fourth-order valence-corrected chi connectivity index (χ4v) is 0. The smallest absolute Gasteiger partial charge is 0.0295 e. The van der Waals surface area contributed by atoms with Crippen LogP contribution in [0.2, 0.25) is 0 Å². The summed E-state index contributed by atoms with van der Waals surface area (Å²) in [6.45, 7) is 2.83. The highest BCUT2D eigenvalue weighted by Gasteiger charge is 1.57. The Hall–Kier alpha value is 0.440. The SMILES string of the molecule is CC[N]Br. The van der Waals surface area contributed by atoms with E-state index in [2.05, 4.69) is 20.5 Å². The molecule has 0 aromatic rings. The molecule has 0 unspecified atom stereocenters. The second-order valence-electron chi connectivity index (χ2n) is 0.436.